The minimum absolute atomic E-state index is 0.0123. The van der Waals surface area contributed by atoms with E-state index in [2.05, 4.69) is 5.32 Å². The first-order valence-corrected chi connectivity index (χ1v) is 7.84. The lowest BCUT2D eigenvalue weighted by molar-refractivity contribution is -0.0682. The van der Waals surface area contributed by atoms with E-state index in [1.165, 1.54) is 31.2 Å². The number of rotatable bonds is 7. The maximum absolute atomic E-state index is 12.4. The van der Waals surface area contributed by atoms with Crippen molar-refractivity contribution in [2.24, 2.45) is 5.73 Å². The van der Waals surface area contributed by atoms with E-state index in [0.717, 1.165) is 0 Å². The molecule has 8 nitrogen and oxygen atoms in total. The number of furan rings is 1. The van der Waals surface area contributed by atoms with Crippen LogP contribution in [0.3, 0.4) is 0 Å². The SMILES string of the molecule is CC(CNC(=O)c1ccc(Oc2ccc(SF)cc2)o1)N(O)C(N)=O. The molecule has 1 atom stereocenters. The largest absolute Gasteiger partial charge is 0.426 e. The summed E-state index contributed by atoms with van der Waals surface area (Å²) in [5.41, 5.74) is 4.92. The number of hydrogen-bond acceptors (Lipinski definition) is 6. The molecule has 0 saturated carbocycles. The lowest BCUT2D eigenvalue weighted by atomic mass is 10.3. The summed E-state index contributed by atoms with van der Waals surface area (Å²) in [7, 11) is 0. The molecule has 0 fully saturated rings. The van der Waals surface area contributed by atoms with E-state index in [1.807, 2.05) is 0 Å². The minimum Gasteiger partial charge on any atom is -0.426 e. The van der Waals surface area contributed by atoms with Gasteiger partial charge in [-0.3, -0.25) is 10.0 Å². The normalized spacial score (nSPS) is 11.6. The Bertz CT molecular complexity index is 737. The Hall–Kier alpha value is -2.72. The van der Waals surface area contributed by atoms with Crippen LogP contribution in [0.15, 0.2) is 45.7 Å². The van der Waals surface area contributed by atoms with Gasteiger partial charge in [0.15, 0.2) is 5.76 Å². The molecule has 2 aromatic rings. The number of carbonyl (C=O) groups is 2. The molecule has 0 aliphatic rings. The Kier molecular flexibility index (Phi) is 6.25. The quantitative estimate of drug-likeness (QED) is 0.510. The number of nitrogens with one attached hydrogen (secondary N) is 1. The Morgan fingerprint density at radius 1 is 1.36 bits per heavy atom. The van der Waals surface area contributed by atoms with Gasteiger partial charge in [-0.2, -0.15) is 3.89 Å². The van der Waals surface area contributed by atoms with Crippen molar-refractivity contribution < 1.29 is 27.8 Å². The zero-order chi connectivity index (χ0) is 18.4. The van der Waals surface area contributed by atoms with Crippen LogP contribution in [0.5, 0.6) is 11.7 Å². The maximum Gasteiger partial charge on any atom is 0.338 e. The predicted octanol–water partition coefficient (Wildman–Crippen LogP) is 2.94. The fourth-order valence-electron chi connectivity index (χ4n) is 1.80. The lowest BCUT2D eigenvalue weighted by Gasteiger charge is -2.20. The molecule has 2 rings (SSSR count). The van der Waals surface area contributed by atoms with Crippen LogP contribution in [-0.2, 0) is 0 Å². The molecule has 3 amide bonds. The van der Waals surface area contributed by atoms with Crippen LogP contribution in [0.1, 0.15) is 17.5 Å². The van der Waals surface area contributed by atoms with Crippen LogP contribution < -0.4 is 15.8 Å². The highest BCUT2D eigenvalue weighted by Gasteiger charge is 2.18. The molecular weight excluding hydrogens is 353 g/mol. The van der Waals surface area contributed by atoms with Gasteiger partial charge in [0, 0.05) is 17.5 Å². The van der Waals surface area contributed by atoms with Gasteiger partial charge < -0.3 is 20.2 Å². The van der Waals surface area contributed by atoms with E-state index in [1.54, 1.807) is 12.1 Å². The Morgan fingerprint density at radius 2 is 2.04 bits per heavy atom. The van der Waals surface area contributed by atoms with E-state index >= 15 is 0 Å². The van der Waals surface area contributed by atoms with Gasteiger partial charge in [0.25, 0.3) is 11.9 Å². The summed E-state index contributed by atoms with van der Waals surface area (Å²) in [6, 6.07) is 7.34. The van der Waals surface area contributed by atoms with Gasteiger partial charge in [0.2, 0.25) is 0 Å². The van der Waals surface area contributed by atoms with Crippen molar-refractivity contribution in [2.45, 2.75) is 17.9 Å². The van der Waals surface area contributed by atoms with Crippen molar-refractivity contribution in [3.8, 4) is 11.7 Å². The number of urea groups is 1. The summed E-state index contributed by atoms with van der Waals surface area (Å²) in [5, 5.41) is 12.1. The molecule has 4 N–H and O–H groups in total. The topological polar surface area (TPSA) is 118 Å². The maximum atomic E-state index is 12.4. The molecular formula is C15H16FN3O5S. The minimum atomic E-state index is -1.02. The molecule has 0 saturated heterocycles. The van der Waals surface area contributed by atoms with E-state index in [0.29, 0.717) is 15.7 Å². The summed E-state index contributed by atoms with van der Waals surface area (Å²) < 4.78 is 23.0. The second kappa shape index (κ2) is 8.40. The van der Waals surface area contributed by atoms with Gasteiger partial charge in [0.1, 0.15) is 5.75 Å². The molecule has 0 aliphatic heterocycles. The summed E-state index contributed by atoms with van der Waals surface area (Å²) in [4.78, 5) is 23.2. The number of nitrogens with zero attached hydrogens (tertiary/aromatic N) is 1. The monoisotopic (exact) mass is 369 g/mol. The molecule has 0 aliphatic carbocycles. The molecule has 134 valence electrons. The van der Waals surface area contributed by atoms with Gasteiger partial charge in [-0.15, -0.1) is 0 Å². The molecule has 10 heteroatoms. The first-order chi connectivity index (χ1) is 11.9. The Labute approximate surface area is 147 Å². The molecule has 0 spiro atoms. The highest BCUT2D eigenvalue weighted by Crippen LogP contribution is 2.26. The van der Waals surface area contributed by atoms with Crippen LogP contribution in [-0.4, -0.2) is 34.8 Å². The third-order valence-electron chi connectivity index (χ3n) is 3.14. The highest BCUT2D eigenvalue weighted by molar-refractivity contribution is 7.94. The van der Waals surface area contributed by atoms with E-state index in [9.17, 15) is 18.7 Å². The van der Waals surface area contributed by atoms with E-state index < -0.39 is 18.0 Å². The third kappa shape index (κ3) is 5.13. The molecule has 1 unspecified atom stereocenters. The first-order valence-electron chi connectivity index (χ1n) is 7.12. The molecule has 25 heavy (non-hydrogen) atoms. The highest BCUT2D eigenvalue weighted by atomic mass is 32.2. The van der Waals surface area contributed by atoms with Crippen molar-refractivity contribution in [3.63, 3.8) is 0 Å². The molecule has 0 bridgehead atoms. The predicted molar refractivity (Wildman–Crippen MR) is 87.2 cm³/mol. The molecule has 0 radical (unpaired) electrons. The summed E-state index contributed by atoms with van der Waals surface area (Å²) in [6.07, 6.45) is 0. The number of halogens is 1. The smallest absolute Gasteiger partial charge is 0.338 e. The standard InChI is InChI=1S/C15H16FN3O5S/c1-9(19(22)15(17)21)8-18-14(20)12-6-7-13(24-12)23-10-2-4-11(25-16)5-3-10/h2-7,9,22H,8H2,1H3,(H2,17,21)(H,18,20). The number of amides is 3. The molecule has 1 heterocycles. The summed E-state index contributed by atoms with van der Waals surface area (Å²) in [6.45, 7) is 1.47. The number of hydrogen-bond donors (Lipinski definition) is 3. The second-order valence-corrected chi connectivity index (χ2v) is 5.64. The number of nitrogens with two attached hydrogens (primary N) is 1. The van der Waals surface area contributed by atoms with Crippen LogP contribution in [0, 0.1) is 0 Å². The van der Waals surface area contributed by atoms with Crippen LogP contribution in [0.2, 0.25) is 0 Å². The molecule has 1 aromatic heterocycles. The zero-order valence-electron chi connectivity index (χ0n) is 13.1. The van der Waals surface area contributed by atoms with Gasteiger partial charge in [-0.25, -0.2) is 9.86 Å². The number of benzene rings is 1. The number of ether oxygens (including phenoxy) is 1. The average Bonchev–Trinajstić information content (AvgIpc) is 3.07. The third-order valence-corrected chi connectivity index (χ3v) is 3.59. The Balaban J connectivity index is 1.91. The van der Waals surface area contributed by atoms with Gasteiger partial charge in [0.05, 0.1) is 18.2 Å². The lowest BCUT2D eigenvalue weighted by Crippen LogP contribution is -2.45. The van der Waals surface area contributed by atoms with Crippen molar-refractivity contribution in [3.05, 3.63) is 42.2 Å². The van der Waals surface area contributed by atoms with Gasteiger partial charge >= 0.3 is 6.03 Å². The van der Waals surface area contributed by atoms with Gasteiger partial charge in [-0.1, -0.05) is 0 Å². The first kappa shape index (κ1) is 18.6. The van der Waals surface area contributed by atoms with Crippen molar-refractivity contribution >= 4 is 24.1 Å². The fourth-order valence-corrected chi connectivity index (χ4v) is 2.04. The van der Waals surface area contributed by atoms with Crippen LogP contribution in [0.25, 0.3) is 0 Å². The number of carbonyl (C=O) groups excluding carboxylic acids is 2. The Morgan fingerprint density at radius 3 is 2.64 bits per heavy atom. The van der Waals surface area contributed by atoms with Crippen LogP contribution in [0.4, 0.5) is 8.68 Å². The zero-order valence-corrected chi connectivity index (χ0v) is 14.0. The van der Waals surface area contributed by atoms with E-state index in [4.69, 9.17) is 14.9 Å². The number of hydroxylamine groups is 2. The van der Waals surface area contributed by atoms with Crippen molar-refractivity contribution in [1.29, 1.82) is 0 Å². The van der Waals surface area contributed by atoms with Crippen LogP contribution >= 0.6 is 12.1 Å². The summed E-state index contributed by atoms with van der Waals surface area (Å²) in [5.74, 6) is -0.0599. The second-order valence-electron chi connectivity index (χ2n) is 5.01. The van der Waals surface area contributed by atoms with Crippen molar-refractivity contribution in [1.82, 2.24) is 10.4 Å². The number of primary amides is 1. The van der Waals surface area contributed by atoms with Crippen molar-refractivity contribution in [2.75, 3.05) is 6.54 Å². The van der Waals surface area contributed by atoms with Gasteiger partial charge in [-0.05, 0) is 37.3 Å². The average molecular weight is 369 g/mol. The fraction of sp³-hybridized carbons (Fsp3) is 0.200. The van der Waals surface area contributed by atoms with E-state index in [-0.39, 0.29) is 30.4 Å². The molecule has 1 aromatic carbocycles. The summed E-state index contributed by atoms with van der Waals surface area (Å²) >= 11 is 0.121.